The van der Waals surface area contributed by atoms with Crippen LogP contribution < -0.4 is 10.9 Å². The van der Waals surface area contributed by atoms with Crippen LogP contribution >= 0.6 is 0 Å². The average Bonchev–Trinajstić information content (AvgIpc) is 3.38. The molecule has 1 fully saturated rings. The van der Waals surface area contributed by atoms with Crippen LogP contribution in [0.4, 0.5) is 10.2 Å². The number of carbonyl (C=O) groups excluding carboxylic acids is 1. The van der Waals surface area contributed by atoms with Crippen molar-refractivity contribution in [3.05, 3.63) is 58.4 Å². The minimum absolute atomic E-state index is 0.0807. The highest BCUT2D eigenvalue weighted by atomic mass is 19.1. The smallest absolute Gasteiger partial charge is 0.263 e. The van der Waals surface area contributed by atoms with Crippen LogP contribution in [-0.2, 0) is 4.79 Å². The summed E-state index contributed by atoms with van der Waals surface area (Å²) in [6.45, 7) is 1.80. The third kappa shape index (κ3) is 4.28. The van der Waals surface area contributed by atoms with Crippen LogP contribution in [0.1, 0.15) is 44.2 Å². The van der Waals surface area contributed by atoms with E-state index in [1.807, 2.05) is 0 Å². The second kappa shape index (κ2) is 8.61. The van der Waals surface area contributed by atoms with E-state index in [-0.39, 0.29) is 23.1 Å². The van der Waals surface area contributed by atoms with E-state index < -0.39 is 5.56 Å². The quantitative estimate of drug-likeness (QED) is 0.483. The summed E-state index contributed by atoms with van der Waals surface area (Å²) in [5.41, 5.74) is 1.13. The summed E-state index contributed by atoms with van der Waals surface area (Å²) in [4.78, 5) is 32.7. The van der Waals surface area contributed by atoms with Crippen LogP contribution in [-0.4, -0.2) is 35.4 Å². The summed E-state index contributed by atoms with van der Waals surface area (Å²) >= 11 is 0. The minimum atomic E-state index is -0.393. The van der Waals surface area contributed by atoms with Gasteiger partial charge >= 0.3 is 0 Å². The number of H-pyrrole nitrogens is 1. The molecule has 3 heterocycles. The van der Waals surface area contributed by atoms with E-state index in [1.165, 1.54) is 47.0 Å². The first-order chi connectivity index (χ1) is 16.0. The monoisotopic (exact) mass is 449 g/mol. The molecule has 33 heavy (non-hydrogen) atoms. The fraction of sp³-hybridized carbons (Fsp3) is 0.348. The molecule has 1 aromatic carbocycles. The van der Waals surface area contributed by atoms with Gasteiger partial charge in [0.2, 0.25) is 11.9 Å². The summed E-state index contributed by atoms with van der Waals surface area (Å²) in [5, 5.41) is 11.9. The standard InChI is InChI=1S/C23H24FN7O2/c1-14-11-19(26-20(32)12-15-5-3-2-4-6-15)31(29-14)23-27-21-18(22(33)28-23)13-25-30(21)17-9-7-16(24)8-10-17/h7-11,13,15H,2-6,12H2,1H3,(H,26,32)(H,27,28,33). The van der Waals surface area contributed by atoms with Crippen molar-refractivity contribution in [1.82, 2.24) is 29.5 Å². The molecule has 0 atom stereocenters. The van der Waals surface area contributed by atoms with E-state index in [4.69, 9.17) is 0 Å². The molecular weight excluding hydrogens is 425 g/mol. The second-order valence-corrected chi connectivity index (χ2v) is 8.50. The zero-order valence-corrected chi connectivity index (χ0v) is 18.2. The van der Waals surface area contributed by atoms with E-state index >= 15 is 0 Å². The van der Waals surface area contributed by atoms with Crippen LogP contribution in [0, 0.1) is 18.7 Å². The third-order valence-electron chi connectivity index (χ3n) is 6.00. The Morgan fingerprint density at radius 2 is 1.94 bits per heavy atom. The number of benzene rings is 1. The molecule has 9 nitrogen and oxygen atoms in total. The number of nitrogens with one attached hydrogen (secondary N) is 2. The van der Waals surface area contributed by atoms with Crippen LogP contribution in [0.2, 0.25) is 0 Å². The Labute approximate surface area is 188 Å². The Morgan fingerprint density at radius 3 is 2.70 bits per heavy atom. The van der Waals surface area contributed by atoms with Gasteiger partial charge in [0.25, 0.3) is 5.56 Å². The molecule has 4 aromatic rings. The van der Waals surface area contributed by atoms with Crippen LogP contribution in [0.3, 0.4) is 0 Å². The Hall–Kier alpha value is -3.82. The van der Waals surface area contributed by atoms with Crippen molar-refractivity contribution in [2.75, 3.05) is 5.32 Å². The Bertz CT molecular complexity index is 1360. The highest BCUT2D eigenvalue weighted by molar-refractivity contribution is 5.90. The lowest BCUT2D eigenvalue weighted by Gasteiger charge is -2.20. The SMILES string of the molecule is Cc1cc(NC(=O)CC2CCCCC2)n(-c2nc3c(cnn3-c3ccc(F)cc3)c(=O)[nH]2)n1. The van der Waals surface area contributed by atoms with Crippen molar-refractivity contribution in [1.29, 1.82) is 0 Å². The lowest BCUT2D eigenvalue weighted by atomic mass is 9.87. The van der Waals surface area contributed by atoms with Crippen LogP contribution in [0.15, 0.2) is 41.3 Å². The van der Waals surface area contributed by atoms with Crippen LogP contribution in [0.25, 0.3) is 22.7 Å². The first kappa shape index (κ1) is 21.0. The van der Waals surface area contributed by atoms with Gasteiger partial charge < -0.3 is 5.32 Å². The van der Waals surface area contributed by atoms with E-state index in [0.29, 0.717) is 35.2 Å². The van der Waals surface area contributed by atoms with Gasteiger partial charge in [-0.3, -0.25) is 14.6 Å². The number of aromatic amines is 1. The topological polar surface area (TPSA) is 110 Å². The number of nitrogens with zero attached hydrogens (tertiary/aromatic N) is 5. The van der Waals surface area contributed by atoms with Crippen molar-refractivity contribution >= 4 is 22.8 Å². The highest BCUT2D eigenvalue weighted by Crippen LogP contribution is 2.27. The van der Waals surface area contributed by atoms with Gasteiger partial charge in [0, 0.05) is 12.5 Å². The van der Waals surface area contributed by atoms with Crippen molar-refractivity contribution in [3.63, 3.8) is 0 Å². The zero-order chi connectivity index (χ0) is 22.9. The molecule has 3 aromatic heterocycles. The minimum Gasteiger partial charge on any atom is -0.310 e. The zero-order valence-electron chi connectivity index (χ0n) is 18.2. The summed E-state index contributed by atoms with van der Waals surface area (Å²) in [7, 11) is 0. The fourth-order valence-corrected chi connectivity index (χ4v) is 4.38. The number of halogens is 1. The van der Waals surface area contributed by atoms with Gasteiger partial charge in [0.05, 0.1) is 17.6 Å². The van der Waals surface area contributed by atoms with Gasteiger partial charge in [-0.2, -0.15) is 19.9 Å². The number of rotatable bonds is 5. The van der Waals surface area contributed by atoms with Gasteiger partial charge in [-0.15, -0.1) is 0 Å². The molecule has 0 spiro atoms. The molecule has 10 heteroatoms. The number of aryl methyl sites for hydroxylation is 1. The largest absolute Gasteiger partial charge is 0.310 e. The maximum Gasteiger partial charge on any atom is 0.263 e. The molecule has 170 valence electrons. The molecule has 0 radical (unpaired) electrons. The summed E-state index contributed by atoms with van der Waals surface area (Å²) in [5.74, 6) is 0.529. The maximum absolute atomic E-state index is 13.3. The molecule has 5 rings (SSSR count). The molecule has 1 saturated carbocycles. The summed E-state index contributed by atoms with van der Waals surface area (Å²) < 4.78 is 16.2. The highest BCUT2D eigenvalue weighted by Gasteiger charge is 2.20. The molecule has 0 aliphatic heterocycles. The van der Waals surface area contributed by atoms with Crippen molar-refractivity contribution in [3.8, 4) is 11.6 Å². The molecule has 0 unspecified atom stereocenters. The normalized spacial score (nSPS) is 14.6. The third-order valence-corrected chi connectivity index (χ3v) is 6.00. The van der Waals surface area contributed by atoms with Gasteiger partial charge in [0.1, 0.15) is 17.0 Å². The Morgan fingerprint density at radius 1 is 1.18 bits per heavy atom. The lowest BCUT2D eigenvalue weighted by molar-refractivity contribution is -0.117. The van der Waals surface area contributed by atoms with E-state index in [9.17, 15) is 14.0 Å². The molecular formula is C23H24FN7O2. The lowest BCUT2D eigenvalue weighted by Crippen LogP contribution is -2.21. The number of amides is 1. The average molecular weight is 449 g/mol. The fourth-order valence-electron chi connectivity index (χ4n) is 4.38. The number of hydrogen-bond acceptors (Lipinski definition) is 5. The molecule has 1 aliphatic carbocycles. The number of carbonyl (C=O) groups is 1. The summed E-state index contributed by atoms with van der Waals surface area (Å²) in [6, 6.07) is 7.47. The number of anilines is 1. The van der Waals surface area contributed by atoms with E-state index in [0.717, 1.165) is 12.8 Å². The Kier molecular flexibility index (Phi) is 5.49. The first-order valence-corrected chi connectivity index (χ1v) is 11.1. The van der Waals surface area contributed by atoms with Crippen LogP contribution in [0.5, 0.6) is 0 Å². The van der Waals surface area contributed by atoms with Gasteiger partial charge in [-0.1, -0.05) is 19.3 Å². The summed E-state index contributed by atoms with van der Waals surface area (Å²) in [6.07, 6.45) is 7.60. The van der Waals surface area contributed by atoms with E-state index in [2.05, 4.69) is 25.5 Å². The van der Waals surface area contributed by atoms with Gasteiger partial charge in [0.15, 0.2) is 5.65 Å². The van der Waals surface area contributed by atoms with E-state index in [1.54, 1.807) is 25.1 Å². The maximum atomic E-state index is 13.3. The number of fused-ring (bicyclic) bond motifs is 1. The Balaban J connectivity index is 1.49. The predicted octanol–water partition coefficient (Wildman–Crippen LogP) is 3.65. The van der Waals surface area contributed by atoms with Crippen molar-refractivity contribution in [2.45, 2.75) is 45.4 Å². The molecule has 1 aliphatic rings. The second-order valence-electron chi connectivity index (χ2n) is 8.50. The van der Waals surface area contributed by atoms with Crippen molar-refractivity contribution < 1.29 is 9.18 Å². The molecule has 2 N–H and O–H groups in total. The molecule has 0 saturated heterocycles. The number of hydrogen-bond donors (Lipinski definition) is 2. The molecule has 1 amide bonds. The van der Waals surface area contributed by atoms with Crippen molar-refractivity contribution in [2.24, 2.45) is 5.92 Å². The number of aromatic nitrogens is 6. The van der Waals surface area contributed by atoms with Gasteiger partial charge in [-0.25, -0.2) is 9.07 Å². The first-order valence-electron chi connectivity index (χ1n) is 11.1. The molecule has 0 bridgehead atoms. The predicted molar refractivity (Wildman–Crippen MR) is 121 cm³/mol. The van der Waals surface area contributed by atoms with Gasteiger partial charge in [-0.05, 0) is 49.9 Å².